The van der Waals surface area contributed by atoms with Gasteiger partial charge >= 0.3 is 0 Å². The zero-order valence-electron chi connectivity index (χ0n) is 10.1. The second-order valence-corrected chi connectivity index (χ2v) is 6.71. The van der Waals surface area contributed by atoms with E-state index in [1.807, 2.05) is 10.8 Å². The molecule has 0 spiro atoms. The molecule has 1 fully saturated rings. The Morgan fingerprint density at radius 2 is 2.41 bits per heavy atom. The molecule has 2 rings (SSSR count). The quantitative estimate of drug-likeness (QED) is 0.790. The molecule has 1 N–H and O–H groups in total. The van der Waals surface area contributed by atoms with E-state index in [1.54, 1.807) is 6.20 Å². The van der Waals surface area contributed by atoms with Crippen LogP contribution < -0.4 is 5.32 Å². The molecule has 17 heavy (non-hydrogen) atoms. The van der Waals surface area contributed by atoms with Crippen molar-refractivity contribution in [2.45, 2.75) is 32.4 Å². The predicted octanol–water partition coefficient (Wildman–Crippen LogP) is 0.742. The molecule has 1 saturated heterocycles. The Morgan fingerprint density at radius 3 is 3.06 bits per heavy atom. The fourth-order valence-electron chi connectivity index (χ4n) is 2.19. The highest BCUT2D eigenvalue weighted by atomic mass is 32.2. The van der Waals surface area contributed by atoms with Crippen LogP contribution in [0.4, 0.5) is 0 Å². The molecule has 0 aromatic carbocycles. The van der Waals surface area contributed by atoms with Crippen molar-refractivity contribution in [3.63, 3.8) is 0 Å². The van der Waals surface area contributed by atoms with Crippen LogP contribution in [0.1, 0.15) is 31.6 Å². The summed E-state index contributed by atoms with van der Waals surface area (Å²) in [5.74, 6) is 1.49. The van der Waals surface area contributed by atoms with Gasteiger partial charge in [0.05, 0.1) is 18.1 Å². The summed E-state index contributed by atoms with van der Waals surface area (Å²) in [7, 11) is -2.83. The molecule has 96 valence electrons. The van der Waals surface area contributed by atoms with Gasteiger partial charge in [-0.2, -0.15) is 0 Å². The van der Waals surface area contributed by atoms with Gasteiger partial charge in [0, 0.05) is 18.4 Å². The normalized spacial score (nSPS) is 23.0. The average molecular weight is 257 g/mol. The highest BCUT2D eigenvalue weighted by Gasteiger charge is 2.29. The van der Waals surface area contributed by atoms with Crippen molar-refractivity contribution >= 4 is 9.84 Å². The smallest absolute Gasteiger partial charge is 0.152 e. The van der Waals surface area contributed by atoms with E-state index in [1.165, 1.54) is 0 Å². The second kappa shape index (κ2) is 5.18. The number of rotatable bonds is 5. The molecule has 0 aliphatic carbocycles. The van der Waals surface area contributed by atoms with Crippen LogP contribution in [0.25, 0.3) is 0 Å². The van der Waals surface area contributed by atoms with Crippen LogP contribution in [0.3, 0.4) is 0 Å². The first-order valence-electron chi connectivity index (χ1n) is 6.05. The zero-order valence-corrected chi connectivity index (χ0v) is 10.9. The molecule has 0 radical (unpaired) electrons. The summed E-state index contributed by atoms with van der Waals surface area (Å²) in [5.41, 5.74) is 0. The molecule has 0 amide bonds. The van der Waals surface area contributed by atoms with Gasteiger partial charge in [-0.25, -0.2) is 13.4 Å². The number of sulfone groups is 1. The minimum Gasteiger partial charge on any atom is -0.330 e. The van der Waals surface area contributed by atoms with Crippen LogP contribution in [-0.4, -0.2) is 36.0 Å². The fourth-order valence-corrected chi connectivity index (χ4v) is 3.90. The highest BCUT2D eigenvalue weighted by Crippen LogP contribution is 2.24. The van der Waals surface area contributed by atoms with Gasteiger partial charge in [0.15, 0.2) is 9.84 Å². The van der Waals surface area contributed by atoms with Crippen molar-refractivity contribution in [2.24, 2.45) is 0 Å². The van der Waals surface area contributed by atoms with Crippen molar-refractivity contribution in [2.75, 3.05) is 18.1 Å². The van der Waals surface area contributed by atoms with Crippen LogP contribution in [0, 0.1) is 0 Å². The lowest BCUT2D eigenvalue weighted by Crippen LogP contribution is -2.20. The Hall–Kier alpha value is -0.880. The zero-order chi connectivity index (χ0) is 12.3. The Bertz CT molecular complexity index is 467. The standard InChI is InChI=1S/C11H19N3O2S/c1-2-4-12-8-11-13-5-6-14(11)10-3-7-17(15,16)9-10/h5-6,10,12H,2-4,7-9H2,1H3. The number of nitrogens with zero attached hydrogens (tertiary/aromatic N) is 2. The van der Waals surface area contributed by atoms with Gasteiger partial charge < -0.3 is 9.88 Å². The van der Waals surface area contributed by atoms with Crippen LogP contribution in [0.5, 0.6) is 0 Å². The van der Waals surface area contributed by atoms with E-state index in [0.717, 1.165) is 18.8 Å². The van der Waals surface area contributed by atoms with Gasteiger partial charge in [-0.15, -0.1) is 0 Å². The minimum absolute atomic E-state index is 0.0703. The van der Waals surface area contributed by atoms with Crippen LogP contribution in [-0.2, 0) is 16.4 Å². The molecule has 1 atom stereocenters. The van der Waals surface area contributed by atoms with E-state index in [0.29, 0.717) is 18.7 Å². The molecule has 0 bridgehead atoms. The molecule has 1 unspecified atom stereocenters. The average Bonchev–Trinajstić information content (AvgIpc) is 2.85. The first kappa shape index (κ1) is 12.6. The third-order valence-corrected chi connectivity index (χ3v) is 4.81. The maximum Gasteiger partial charge on any atom is 0.152 e. The Labute approximate surface area is 102 Å². The molecule has 2 heterocycles. The topological polar surface area (TPSA) is 64.0 Å². The largest absolute Gasteiger partial charge is 0.330 e. The molecule has 1 aliphatic rings. The summed E-state index contributed by atoms with van der Waals surface area (Å²) in [6.45, 7) is 3.77. The van der Waals surface area contributed by atoms with Gasteiger partial charge in [0.2, 0.25) is 0 Å². The maximum absolute atomic E-state index is 11.5. The van der Waals surface area contributed by atoms with Crippen LogP contribution >= 0.6 is 0 Å². The number of imidazole rings is 1. The van der Waals surface area contributed by atoms with Crippen molar-refractivity contribution in [3.8, 4) is 0 Å². The van der Waals surface area contributed by atoms with Gasteiger partial charge in [-0.3, -0.25) is 0 Å². The number of hydrogen-bond acceptors (Lipinski definition) is 4. The van der Waals surface area contributed by atoms with E-state index < -0.39 is 9.84 Å². The Morgan fingerprint density at radius 1 is 1.59 bits per heavy atom. The lowest BCUT2D eigenvalue weighted by molar-refractivity contribution is 0.514. The fraction of sp³-hybridized carbons (Fsp3) is 0.727. The number of nitrogens with one attached hydrogen (secondary N) is 1. The van der Waals surface area contributed by atoms with E-state index in [9.17, 15) is 8.42 Å². The summed E-state index contributed by atoms with van der Waals surface area (Å²) in [5, 5.41) is 3.29. The van der Waals surface area contributed by atoms with Crippen molar-refractivity contribution in [3.05, 3.63) is 18.2 Å². The third-order valence-electron chi connectivity index (χ3n) is 3.06. The van der Waals surface area contributed by atoms with Crippen molar-refractivity contribution < 1.29 is 8.42 Å². The lowest BCUT2D eigenvalue weighted by atomic mass is 10.2. The summed E-state index contributed by atoms with van der Waals surface area (Å²) in [4.78, 5) is 4.29. The van der Waals surface area contributed by atoms with E-state index in [4.69, 9.17) is 0 Å². The van der Waals surface area contributed by atoms with Gasteiger partial charge in [0.25, 0.3) is 0 Å². The molecule has 5 nitrogen and oxygen atoms in total. The van der Waals surface area contributed by atoms with Crippen molar-refractivity contribution in [1.82, 2.24) is 14.9 Å². The highest BCUT2D eigenvalue weighted by molar-refractivity contribution is 7.91. The van der Waals surface area contributed by atoms with Crippen LogP contribution in [0.15, 0.2) is 12.4 Å². The SMILES string of the molecule is CCCNCc1nccn1C1CCS(=O)(=O)C1. The lowest BCUT2D eigenvalue weighted by Gasteiger charge is -2.14. The minimum atomic E-state index is -2.83. The van der Waals surface area contributed by atoms with Crippen molar-refractivity contribution in [1.29, 1.82) is 0 Å². The predicted molar refractivity (Wildman–Crippen MR) is 66.5 cm³/mol. The first-order valence-corrected chi connectivity index (χ1v) is 7.87. The summed E-state index contributed by atoms with van der Waals surface area (Å²) in [6, 6.07) is 0.0703. The molecule has 0 saturated carbocycles. The molecule has 1 aromatic heterocycles. The summed E-state index contributed by atoms with van der Waals surface area (Å²) in [6.07, 6.45) is 5.42. The summed E-state index contributed by atoms with van der Waals surface area (Å²) >= 11 is 0. The third kappa shape index (κ3) is 3.07. The Kier molecular flexibility index (Phi) is 3.83. The monoisotopic (exact) mass is 257 g/mol. The number of hydrogen-bond donors (Lipinski definition) is 1. The second-order valence-electron chi connectivity index (χ2n) is 4.48. The maximum atomic E-state index is 11.5. The van der Waals surface area contributed by atoms with Gasteiger partial charge in [-0.1, -0.05) is 6.92 Å². The Balaban J connectivity index is 2.04. The first-order chi connectivity index (χ1) is 8.12. The molecule has 6 heteroatoms. The van der Waals surface area contributed by atoms with Gasteiger partial charge in [0.1, 0.15) is 5.82 Å². The number of aromatic nitrogens is 2. The molecule has 1 aliphatic heterocycles. The molecular weight excluding hydrogens is 238 g/mol. The van der Waals surface area contributed by atoms with E-state index >= 15 is 0 Å². The van der Waals surface area contributed by atoms with E-state index in [2.05, 4.69) is 17.2 Å². The van der Waals surface area contributed by atoms with Crippen LogP contribution in [0.2, 0.25) is 0 Å². The summed E-state index contributed by atoms with van der Waals surface area (Å²) < 4.78 is 24.9. The van der Waals surface area contributed by atoms with E-state index in [-0.39, 0.29) is 11.8 Å². The van der Waals surface area contributed by atoms with Gasteiger partial charge in [-0.05, 0) is 19.4 Å². The molecular formula is C11H19N3O2S. The molecule has 1 aromatic rings.